The van der Waals surface area contributed by atoms with E-state index in [1.54, 1.807) is 6.92 Å². The minimum Gasteiger partial charge on any atom is -0.451 e. The summed E-state index contributed by atoms with van der Waals surface area (Å²) in [5.41, 5.74) is 3.85. The summed E-state index contributed by atoms with van der Waals surface area (Å²) in [4.78, 5) is 33.9. The number of aromatic amines is 1. The Morgan fingerprint density at radius 1 is 1.27 bits per heavy atom. The van der Waals surface area contributed by atoms with E-state index in [9.17, 15) is 9.59 Å². The highest BCUT2D eigenvalue weighted by atomic mass is 32.1. The van der Waals surface area contributed by atoms with Gasteiger partial charge in [0.1, 0.15) is 4.83 Å². The Bertz CT molecular complexity index is 1080. The van der Waals surface area contributed by atoms with E-state index in [2.05, 4.69) is 9.97 Å². The van der Waals surface area contributed by atoms with Gasteiger partial charge in [-0.15, -0.1) is 11.3 Å². The molecule has 1 aliphatic rings. The van der Waals surface area contributed by atoms with Crippen molar-refractivity contribution in [2.24, 2.45) is 0 Å². The number of hydrogen-bond donors (Lipinski definition) is 1. The molecule has 0 fully saturated rings. The third-order valence-corrected chi connectivity index (χ3v) is 6.16. The van der Waals surface area contributed by atoms with E-state index in [4.69, 9.17) is 4.74 Å². The summed E-state index contributed by atoms with van der Waals surface area (Å²) in [5, 5.41) is 0.619. The van der Waals surface area contributed by atoms with Crippen LogP contribution < -0.4 is 5.56 Å². The van der Waals surface area contributed by atoms with E-state index in [-0.39, 0.29) is 5.56 Å². The average Bonchev–Trinajstić information content (AvgIpc) is 3.18. The molecule has 0 radical (unpaired) electrons. The summed E-state index contributed by atoms with van der Waals surface area (Å²) >= 11 is 1.48. The molecule has 0 amide bonds. The van der Waals surface area contributed by atoms with Gasteiger partial charge in [0.15, 0.2) is 11.9 Å². The molecule has 3 aromatic rings. The third kappa shape index (κ3) is 2.84. The Kier molecular flexibility index (Phi) is 4.15. The lowest BCUT2D eigenvalue weighted by Gasteiger charge is -2.13. The van der Waals surface area contributed by atoms with Gasteiger partial charge in [-0.25, -0.2) is 9.78 Å². The van der Waals surface area contributed by atoms with Crippen molar-refractivity contribution in [1.29, 1.82) is 0 Å². The molecule has 5 nitrogen and oxygen atoms in total. The van der Waals surface area contributed by atoms with Crippen molar-refractivity contribution in [2.75, 3.05) is 0 Å². The van der Waals surface area contributed by atoms with Gasteiger partial charge < -0.3 is 9.72 Å². The van der Waals surface area contributed by atoms with Gasteiger partial charge in [-0.3, -0.25) is 4.79 Å². The molecule has 0 spiro atoms. The third-order valence-electron chi connectivity index (χ3n) is 5.06. The van der Waals surface area contributed by atoms with Crippen LogP contribution >= 0.6 is 11.3 Å². The van der Waals surface area contributed by atoms with Crippen LogP contribution in [0, 0.1) is 13.8 Å². The summed E-state index contributed by atoms with van der Waals surface area (Å²) in [6, 6.07) is 5.74. The van der Waals surface area contributed by atoms with Crippen LogP contribution in [0.25, 0.3) is 10.2 Å². The monoisotopic (exact) mass is 368 g/mol. The maximum atomic E-state index is 12.5. The molecule has 0 saturated carbocycles. The van der Waals surface area contributed by atoms with Crippen molar-refractivity contribution >= 4 is 27.5 Å². The molecular weight excluding hydrogens is 348 g/mol. The molecule has 2 aromatic heterocycles. The molecule has 0 saturated heterocycles. The van der Waals surface area contributed by atoms with Crippen LogP contribution in [0.2, 0.25) is 0 Å². The van der Waals surface area contributed by atoms with E-state index in [0.29, 0.717) is 21.6 Å². The summed E-state index contributed by atoms with van der Waals surface area (Å²) in [7, 11) is 0. The van der Waals surface area contributed by atoms with Crippen LogP contribution in [-0.4, -0.2) is 15.9 Å². The van der Waals surface area contributed by atoms with Gasteiger partial charge in [-0.05, 0) is 68.9 Å². The molecule has 1 aliphatic carbocycles. The predicted molar refractivity (Wildman–Crippen MR) is 102 cm³/mol. The normalized spacial score (nSPS) is 14.4. The number of esters is 1. The van der Waals surface area contributed by atoms with E-state index < -0.39 is 12.1 Å². The molecule has 1 N–H and O–H groups in total. The number of rotatable bonds is 3. The molecule has 1 aromatic carbocycles. The van der Waals surface area contributed by atoms with Crippen LogP contribution in [0.5, 0.6) is 0 Å². The van der Waals surface area contributed by atoms with Crippen LogP contribution in [0.3, 0.4) is 0 Å². The topological polar surface area (TPSA) is 72.0 Å². The number of hydrogen-bond acceptors (Lipinski definition) is 5. The number of nitrogens with one attached hydrogen (secondary N) is 1. The number of benzene rings is 1. The zero-order valence-corrected chi connectivity index (χ0v) is 15.8. The maximum absolute atomic E-state index is 12.5. The molecule has 6 heteroatoms. The summed E-state index contributed by atoms with van der Waals surface area (Å²) < 4.78 is 5.56. The van der Waals surface area contributed by atoms with Gasteiger partial charge in [-0.2, -0.15) is 0 Å². The van der Waals surface area contributed by atoms with Crippen LogP contribution in [0.4, 0.5) is 0 Å². The first-order chi connectivity index (χ1) is 12.4. The smallest absolute Gasteiger partial charge is 0.338 e. The minimum absolute atomic E-state index is 0.188. The van der Waals surface area contributed by atoms with Crippen LogP contribution in [0.15, 0.2) is 23.0 Å². The highest BCUT2D eigenvalue weighted by Gasteiger charge is 2.20. The Morgan fingerprint density at radius 2 is 2.04 bits per heavy atom. The van der Waals surface area contributed by atoms with Gasteiger partial charge in [0.25, 0.3) is 5.56 Å². The zero-order valence-electron chi connectivity index (χ0n) is 15.0. The minimum atomic E-state index is -0.629. The second-order valence-corrected chi connectivity index (χ2v) is 8.00. The Hall–Kier alpha value is -2.47. The number of ether oxygens (including phenoxy) is 1. The molecule has 4 rings (SSSR count). The summed E-state index contributed by atoms with van der Waals surface area (Å²) in [6.07, 6.45) is 2.59. The number of nitrogens with zero attached hydrogens (tertiary/aromatic N) is 1. The molecule has 2 heterocycles. The molecule has 0 unspecified atom stereocenters. The van der Waals surface area contributed by atoms with Crippen LogP contribution in [-0.2, 0) is 17.6 Å². The van der Waals surface area contributed by atoms with E-state index >= 15 is 0 Å². The van der Waals surface area contributed by atoms with E-state index in [1.807, 2.05) is 32.0 Å². The van der Waals surface area contributed by atoms with Crippen molar-refractivity contribution in [3.63, 3.8) is 0 Å². The number of aromatic nitrogens is 2. The van der Waals surface area contributed by atoms with Gasteiger partial charge >= 0.3 is 5.97 Å². The molecule has 0 aliphatic heterocycles. The van der Waals surface area contributed by atoms with Gasteiger partial charge in [0.2, 0.25) is 0 Å². The summed E-state index contributed by atoms with van der Waals surface area (Å²) in [5.74, 6) is -0.0215. The lowest BCUT2D eigenvalue weighted by molar-refractivity contribution is 0.0320. The van der Waals surface area contributed by atoms with Crippen molar-refractivity contribution in [3.05, 3.63) is 61.5 Å². The average molecular weight is 368 g/mol. The van der Waals surface area contributed by atoms with Crippen molar-refractivity contribution in [2.45, 2.75) is 46.1 Å². The lowest BCUT2D eigenvalue weighted by atomic mass is 10.1. The van der Waals surface area contributed by atoms with Gasteiger partial charge in [0, 0.05) is 4.88 Å². The standard InChI is InChI=1S/C20H20N2O3S/c1-10-12(3)26-19-16(10)18(23)21-17(22-19)11(2)25-20(24)15-8-7-13-5-4-6-14(13)9-15/h7-9,11H,4-6H2,1-3H3,(H,21,22,23)/t11-/m0/s1. The highest BCUT2D eigenvalue weighted by Crippen LogP contribution is 2.27. The second-order valence-electron chi connectivity index (χ2n) is 6.80. The fourth-order valence-electron chi connectivity index (χ4n) is 3.45. The Balaban J connectivity index is 1.60. The quantitative estimate of drug-likeness (QED) is 0.709. The van der Waals surface area contributed by atoms with Crippen molar-refractivity contribution in [1.82, 2.24) is 9.97 Å². The van der Waals surface area contributed by atoms with E-state index in [0.717, 1.165) is 29.7 Å². The maximum Gasteiger partial charge on any atom is 0.338 e. The number of aryl methyl sites for hydroxylation is 4. The Morgan fingerprint density at radius 3 is 2.85 bits per heavy atom. The number of thiophene rings is 1. The number of carbonyl (C=O) groups is 1. The number of carbonyl (C=O) groups excluding carboxylic acids is 1. The first-order valence-corrected chi connectivity index (χ1v) is 9.58. The van der Waals surface area contributed by atoms with Crippen molar-refractivity contribution < 1.29 is 9.53 Å². The molecule has 1 atom stereocenters. The van der Waals surface area contributed by atoms with Gasteiger partial charge in [-0.1, -0.05) is 6.07 Å². The first-order valence-electron chi connectivity index (χ1n) is 8.76. The first kappa shape index (κ1) is 17.0. The van der Waals surface area contributed by atoms with Crippen LogP contribution in [0.1, 0.15) is 57.2 Å². The summed E-state index contributed by atoms with van der Waals surface area (Å²) in [6.45, 7) is 5.61. The molecule has 0 bridgehead atoms. The lowest BCUT2D eigenvalue weighted by Crippen LogP contribution is -2.17. The zero-order chi connectivity index (χ0) is 18.4. The predicted octanol–water partition coefficient (Wildman–Crippen LogP) is 4.01. The van der Waals surface area contributed by atoms with Gasteiger partial charge in [0.05, 0.1) is 10.9 Å². The highest BCUT2D eigenvalue weighted by molar-refractivity contribution is 7.18. The van der Waals surface area contributed by atoms with E-state index in [1.165, 1.54) is 22.5 Å². The fourth-order valence-corrected chi connectivity index (χ4v) is 4.48. The molecule has 26 heavy (non-hydrogen) atoms. The molecule has 134 valence electrons. The van der Waals surface area contributed by atoms with Crippen molar-refractivity contribution in [3.8, 4) is 0 Å². The fraction of sp³-hybridized carbons (Fsp3) is 0.350. The SMILES string of the molecule is Cc1sc2nc([C@H](C)OC(=O)c3ccc4c(c3)CCC4)[nH]c(=O)c2c1C. The second kappa shape index (κ2) is 6.36. The number of H-pyrrole nitrogens is 1. The molecular formula is C20H20N2O3S. The largest absolute Gasteiger partial charge is 0.451 e. The number of fused-ring (bicyclic) bond motifs is 2. The Labute approximate surface area is 155 Å².